The lowest BCUT2D eigenvalue weighted by Gasteiger charge is -2.20. The monoisotopic (exact) mass is 300 g/mol. The predicted octanol–water partition coefficient (Wildman–Crippen LogP) is 2.50. The molecule has 1 aromatic rings. The molecule has 2 N–H and O–H groups in total. The van der Waals surface area contributed by atoms with Gasteiger partial charge in [-0.2, -0.15) is 0 Å². The lowest BCUT2D eigenvalue weighted by atomic mass is 10.1. The molecule has 0 aromatic heterocycles. The third-order valence-electron chi connectivity index (χ3n) is 4.45. The van der Waals surface area contributed by atoms with Crippen molar-refractivity contribution in [2.45, 2.75) is 45.2 Å². The van der Waals surface area contributed by atoms with E-state index in [0.29, 0.717) is 0 Å². The first kappa shape index (κ1) is 15.3. The van der Waals surface area contributed by atoms with Crippen LogP contribution in [-0.4, -0.2) is 37.0 Å². The fourth-order valence-electron chi connectivity index (χ4n) is 3.23. The van der Waals surface area contributed by atoms with Crippen molar-refractivity contribution in [2.75, 3.05) is 26.2 Å². The van der Waals surface area contributed by atoms with Crippen molar-refractivity contribution in [2.24, 2.45) is 4.99 Å². The van der Waals surface area contributed by atoms with Crippen LogP contribution in [-0.2, 0) is 13.1 Å². The summed E-state index contributed by atoms with van der Waals surface area (Å²) in [5.74, 6) is 0.948. The zero-order valence-corrected chi connectivity index (χ0v) is 13.5. The minimum atomic E-state index is 0.847. The standard InChI is InChI=1S/C18H28N4/c1-2-4-12-22(11-3-1)15-17-8-5-7-16(13-17)14-21-18-19-9-6-10-20-18/h5,7-8,13H,1-4,6,9-12,14-15H2,(H2,19,20,21). The minimum Gasteiger partial charge on any atom is -0.356 e. The predicted molar refractivity (Wildman–Crippen MR) is 91.9 cm³/mol. The van der Waals surface area contributed by atoms with Crippen molar-refractivity contribution in [3.8, 4) is 0 Å². The highest BCUT2D eigenvalue weighted by Gasteiger charge is 2.10. The quantitative estimate of drug-likeness (QED) is 0.897. The Morgan fingerprint density at radius 2 is 1.86 bits per heavy atom. The van der Waals surface area contributed by atoms with Crippen LogP contribution < -0.4 is 10.6 Å². The van der Waals surface area contributed by atoms with E-state index in [-0.39, 0.29) is 0 Å². The van der Waals surface area contributed by atoms with Crippen LogP contribution in [0.1, 0.15) is 43.2 Å². The van der Waals surface area contributed by atoms with E-state index >= 15 is 0 Å². The summed E-state index contributed by atoms with van der Waals surface area (Å²) in [6, 6.07) is 8.97. The topological polar surface area (TPSA) is 39.7 Å². The number of rotatable bonds is 4. The lowest BCUT2D eigenvalue weighted by molar-refractivity contribution is 0.277. The largest absolute Gasteiger partial charge is 0.356 e. The molecule has 22 heavy (non-hydrogen) atoms. The number of nitrogens with zero attached hydrogens (tertiary/aromatic N) is 2. The maximum atomic E-state index is 4.46. The highest BCUT2D eigenvalue weighted by molar-refractivity contribution is 5.80. The summed E-state index contributed by atoms with van der Waals surface area (Å²) in [5.41, 5.74) is 2.77. The zero-order chi connectivity index (χ0) is 15.0. The van der Waals surface area contributed by atoms with Crippen molar-refractivity contribution < 1.29 is 0 Å². The Hall–Kier alpha value is -1.55. The molecule has 4 nitrogen and oxygen atoms in total. The second-order valence-corrected chi connectivity index (χ2v) is 6.37. The maximum absolute atomic E-state index is 4.46. The molecule has 1 aromatic carbocycles. The normalized spacial score (nSPS) is 19.9. The molecule has 0 radical (unpaired) electrons. The molecule has 3 rings (SSSR count). The molecule has 2 heterocycles. The SMILES string of the molecule is c1cc(CNC2=NCCCN2)cc(CN2CCCCCC2)c1. The molecule has 2 aliphatic rings. The number of nitrogens with one attached hydrogen (secondary N) is 2. The Balaban J connectivity index is 1.53. The van der Waals surface area contributed by atoms with Gasteiger partial charge < -0.3 is 10.6 Å². The third-order valence-corrected chi connectivity index (χ3v) is 4.45. The first-order chi connectivity index (χ1) is 10.9. The summed E-state index contributed by atoms with van der Waals surface area (Å²) in [5, 5.41) is 6.71. The Bertz CT molecular complexity index is 490. The molecule has 2 aliphatic heterocycles. The highest BCUT2D eigenvalue weighted by Crippen LogP contribution is 2.14. The fraction of sp³-hybridized carbons (Fsp3) is 0.611. The van der Waals surface area contributed by atoms with Gasteiger partial charge in [-0.3, -0.25) is 9.89 Å². The molecule has 120 valence electrons. The Morgan fingerprint density at radius 1 is 1.05 bits per heavy atom. The van der Waals surface area contributed by atoms with Gasteiger partial charge in [-0.05, 0) is 43.5 Å². The van der Waals surface area contributed by atoms with Gasteiger partial charge in [0.2, 0.25) is 0 Å². The van der Waals surface area contributed by atoms with Crippen molar-refractivity contribution >= 4 is 5.96 Å². The van der Waals surface area contributed by atoms with E-state index in [4.69, 9.17) is 0 Å². The molecule has 1 saturated heterocycles. The van der Waals surface area contributed by atoms with Crippen LogP contribution >= 0.6 is 0 Å². The fourth-order valence-corrected chi connectivity index (χ4v) is 3.23. The number of likely N-dealkylation sites (tertiary alicyclic amines) is 1. The van der Waals surface area contributed by atoms with Gasteiger partial charge in [0.15, 0.2) is 5.96 Å². The zero-order valence-electron chi connectivity index (χ0n) is 13.5. The molecule has 0 amide bonds. The summed E-state index contributed by atoms with van der Waals surface area (Å²) in [6.07, 6.45) is 6.64. The molecule has 0 unspecified atom stereocenters. The smallest absolute Gasteiger partial charge is 0.191 e. The second kappa shape index (κ2) is 8.18. The van der Waals surface area contributed by atoms with Crippen molar-refractivity contribution in [1.29, 1.82) is 0 Å². The molecule has 0 aliphatic carbocycles. The van der Waals surface area contributed by atoms with Gasteiger partial charge in [0, 0.05) is 26.2 Å². The Labute approximate surface area is 134 Å². The van der Waals surface area contributed by atoms with Gasteiger partial charge >= 0.3 is 0 Å². The molecular formula is C18H28N4. The average Bonchev–Trinajstić information content (AvgIpc) is 2.83. The van der Waals surface area contributed by atoms with Crippen LogP contribution in [0.3, 0.4) is 0 Å². The van der Waals surface area contributed by atoms with Gasteiger partial charge in [0.25, 0.3) is 0 Å². The number of aliphatic imine (C=N–C) groups is 1. The van der Waals surface area contributed by atoms with E-state index in [1.807, 2.05) is 0 Å². The second-order valence-electron chi connectivity index (χ2n) is 6.37. The highest BCUT2D eigenvalue weighted by atomic mass is 15.2. The number of guanidine groups is 1. The van der Waals surface area contributed by atoms with E-state index in [1.54, 1.807) is 0 Å². The molecule has 0 saturated carbocycles. The average molecular weight is 300 g/mol. The molecular weight excluding hydrogens is 272 g/mol. The first-order valence-corrected chi connectivity index (χ1v) is 8.72. The van der Waals surface area contributed by atoms with Crippen molar-refractivity contribution in [3.05, 3.63) is 35.4 Å². The molecule has 1 fully saturated rings. The van der Waals surface area contributed by atoms with Crippen molar-refractivity contribution in [3.63, 3.8) is 0 Å². The Morgan fingerprint density at radius 3 is 2.64 bits per heavy atom. The van der Waals surface area contributed by atoms with E-state index in [9.17, 15) is 0 Å². The number of benzene rings is 1. The van der Waals surface area contributed by atoms with Crippen LogP contribution in [0, 0.1) is 0 Å². The molecule has 0 atom stereocenters. The van der Waals surface area contributed by atoms with Crippen LogP contribution in [0.4, 0.5) is 0 Å². The minimum absolute atomic E-state index is 0.847. The van der Waals surface area contributed by atoms with Gasteiger partial charge in [-0.25, -0.2) is 0 Å². The van der Waals surface area contributed by atoms with E-state index in [2.05, 4.69) is 44.8 Å². The first-order valence-electron chi connectivity index (χ1n) is 8.72. The summed E-state index contributed by atoms with van der Waals surface area (Å²) in [6.45, 7) is 6.41. The van der Waals surface area contributed by atoms with Crippen LogP contribution in [0.5, 0.6) is 0 Å². The number of hydrogen-bond acceptors (Lipinski definition) is 4. The molecule has 4 heteroatoms. The van der Waals surface area contributed by atoms with Gasteiger partial charge in [0.1, 0.15) is 0 Å². The van der Waals surface area contributed by atoms with E-state index in [0.717, 1.165) is 38.6 Å². The van der Waals surface area contributed by atoms with E-state index in [1.165, 1.54) is 49.9 Å². The van der Waals surface area contributed by atoms with Gasteiger partial charge in [0.05, 0.1) is 0 Å². The summed E-state index contributed by atoms with van der Waals surface area (Å²) in [4.78, 5) is 7.06. The van der Waals surface area contributed by atoms with Crippen molar-refractivity contribution in [1.82, 2.24) is 15.5 Å². The third kappa shape index (κ3) is 4.73. The summed E-state index contributed by atoms with van der Waals surface area (Å²) < 4.78 is 0. The van der Waals surface area contributed by atoms with Gasteiger partial charge in [-0.1, -0.05) is 37.1 Å². The summed E-state index contributed by atoms with van der Waals surface area (Å²) >= 11 is 0. The summed E-state index contributed by atoms with van der Waals surface area (Å²) in [7, 11) is 0. The van der Waals surface area contributed by atoms with Crippen LogP contribution in [0.15, 0.2) is 29.3 Å². The molecule has 0 bridgehead atoms. The maximum Gasteiger partial charge on any atom is 0.191 e. The van der Waals surface area contributed by atoms with Gasteiger partial charge in [-0.15, -0.1) is 0 Å². The van der Waals surface area contributed by atoms with Crippen LogP contribution in [0.25, 0.3) is 0 Å². The Kier molecular flexibility index (Phi) is 5.71. The van der Waals surface area contributed by atoms with E-state index < -0.39 is 0 Å². The lowest BCUT2D eigenvalue weighted by Crippen LogP contribution is -2.40. The number of hydrogen-bond donors (Lipinski definition) is 2. The van der Waals surface area contributed by atoms with Crippen LogP contribution in [0.2, 0.25) is 0 Å². The molecule has 0 spiro atoms.